The summed E-state index contributed by atoms with van der Waals surface area (Å²) in [7, 11) is 1.91. The summed E-state index contributed by atoms with van der Waals surface area (Å²) in [4.78, 5) is 1.92. The highest BCUT2D eigenvalue weighted by Gasteiger charge is 2.21. The number of benzene rings is 2. The number of anilines is 2. The molecule has 0 amide bonds. The second-order valence-corrected chi connectivity index (χ2v) is 5.29. The number of hydrogen-bond acceptors (Lipinski definition) is 2. The zero-order valence-corrected chi connectivity index (χ0v) is 11.6. The van der Waals surface area contributed by atoms with E-state index in [0.717, 1.165) is 12.2 Å². The van der Waals surface area contributed by atoms with Crippen molar-refractivity contribution in [3.8, 4) is 0 Å². The van der Waals surface area contributed by atoms with Crippen LogP contribution >= 0.6 is 0 Å². The maximum Gasteiger partial charge on any atom is 0.146 e. The van der Waals surface area contributed by atoms with Crippen molar-refractivity contribution in [2.24, 2.45) is 0 Å². The quantitative estimate of drug-likeness (QED) is 0.888. The zero-order chi connectivity index (χ0) is 13.9. The molecule has 1 aliphatic carbocycles. The average Bonchev–Trinajstić information content (AvgIpc) is 3.29. The second kappa shape index (κ2) is 5.63. The Kier molecular flexibility index (Phi) is 3.70. The number of rotatable bonds is 5. The Hall–Kier alpha value is -1.87. The van der Waals surface area contributed by atoms with Crippen LogP contribution in [0.4, 0.5) is 15.8 Å². The van der Waals surface area contributed by atoms with Crippen LogP contribution in [0.2, 0.25) is 0 Å². The standard InChI is InChI=1S/C17H19FN2/c1-20(17-9-5-3-7-15(17)18)16-8-4-2-6-13(16)12-19-14-10-11-14/h2-9,14,19H,10-12H2,1H3. The Balaban J connectivity index is 1.86. The zero-order valence-electron chi connectivity index (χ0n) is 11.6. The molecule has 0 spiro atoms. The summed E-state index contributed by atoms with van der Waals surface area (Å²) in [5.41, 5.74) is 2.85. The van der Waals surface area contributed by atoms with E-state index in [9.17, 15) is 4.39 Å². The molecule has 0 bridgehead atoms. The molecule has 3 rings (SSSR count). The van der Waals surface area contributed by atoms with Gasteiger partial charge < -0.3 is 10.2 Å². The van der Waals surface area contributed by atoms with E-state index < -0.39 is 0 Å². The van der Waals surface area contributed by atoms with E-state index in [1.165, 1.54) is 24.5 Å². The van der Waals surface area contributed by atoms with Crippen LogP contribution in [0.5, 0.6) is 0 Å². The molecule has 2 aromatic carbocycles. The highest BCUT2D eigenvalue weighted by molar-refractivity contribution is 5.66. The molecule has 2 nitrogen and oxygen atoms in total. The lowest BCUT2D eigenvalue weighted by atomic mass is 10.1. The lowest BCUT2D eigenvalue weighted by molar-refractivity contribution is 0.627. The molecule has 2 aromatic rings. The fraction of sp³-hybridized carbons (Fsp3) is 0.294. The summed E-state index contributed by atoms with van der Waals surface area (Å²) in [6.45, 7) is 0.833. The molecule has 1 saturated carbocycles. The van der Waals surface area contributed by atoms with Gasteiger partial charge in [-0.05, 0) is 36.6 Å². The third-order valence-corrected chi connectivity index (χ3v) is 3.73. The largest absolute Gasteiger partial charge is 0.342 e. The van der Waals surface area contributed by atoms with Gasteiger partial charge in [0.25, 0.3) is 0 Å². The summed E-state index contributed by atoms with van der Waals surface area (Å²) in [6, 6.07) is 15.7. The van der Waals surface area contributed by atoms with Gasteiger partial charge >= 0.3 is 0 Å². The summed E-state index contributed by atoms with van der Waals surface area (Å²) >= 11 is 0. The van der Waals surface area contributed by atoms with Crippen LogP contribution in [0.25, 0.3) is 0 Å². The molecule has 1 fully saturated rings. The van der Waals surface area contributed by atoms with Crippen molar-refractivity contribution in [1.29, 1.82) is 0 Å². The van der Waals surface area contributed by atoms with E-state index in [0.29, 0.717) is 11.7 Å². The van der Waals surface area contributed by atoms with Gasteiger partial charge in [-0.3, -0.25) is 0 Å². The van der Waals surface area contributed by atoms with Gasteiger partial charge in [0.2, 0.25) is 0 Å². The molecule has 1 N–H and O–H groups in total. The minimum absolute atomic E-state index is 0.194. The molecular formula is C17H19FN2. The van der Waals surface area contributed by atoms with E-state index in [2.05, 4.69) is 11.4 Å². The average molecular weight is 270 g/mol. The van der Waals surface area contributed by atoms with E-state index >= 15 is 0 Å². The van der Waals surface area contributed by atoms with Crippen molar-refractivity contribution < 1.29 is 4.39 Å². The van der Waals surface area contributed by atoms with Gasteiger partial charge in [0.1, 0.15) is 5.82 Å². The topological polar surface area (TPSA) is 15.3 Å². The molecule has 0 aromatic heterocycles. The summed E-state index contributed by atoms with van der Waals surface area (Å²) < 4.78 is 13.9. The van der Waals surface area contributed by atoms with Gasteiger partial charge in [-0.25, -0.2) is 4.39 Å². The monoisotopic (exact) mass is 270 g/mol. The third kappa shape index (κ3) is 2.83. The molecule has 0 radical (unpaired) electrons. The van der Waals surface area contributed by atoms with Gasteiger partial charge in [0.15, 0.2) is 0 Å². The Labute approximate surface area is 119 Å². The third-order valence-electron chi connectivity index (χ3n) is 3.73. The first-order chi connectivity index (χ1) is 9.75. The van der Waals surface area contributed by atoms with Crippen molar-refractivity contribution in [2.75, 3.05) is 11.9 Å². The predicted molar refractivity (Wildman–Crippen MR) is 80.8 cm³/mol. The van der Waals surface area contributed by atoms with E-state index in [-0.39, 0.29) is 5.82 Å². The van der Waals surface area contributed by atoms with E-state index in [1.807, 2.05) is 36.2 Å². The van der Waals surface area contributed by atoms with Gasteiger partial charge in [-0.15, -0.1) is 0 Å². The lowest BCUT2D eigenvalue weighted by Gasteiger charge is -2.23. The van der Waals surface area contributed by atoms with Crippen molar-refractivity contribution in [3.63, 3.8) is 0 Å². The molecule has 20 heavy (non-hydrogen) atoms. The van der Waals surface area contributed by atoms with E-state index in [4.69, 9.17) is 0 Å². The van der Waals surface area contributed by atoms with E-state index in [1.54, 1.807) is 12.1 Å². The first-order valence-corrected chi connectivity index (χ1v) is 7.05. The van der Waals surface area contributed by atoms with Gasteiger partial charge in [0, 0.05) is 25.3 Å². The van der Waals surface area contributed by atoms with Crippen LogP contribution in [-0.4, -0.2) is 13.1 Å². The second-order valence-electron chi connectivity index (χ2n) is 5.29. The van der Waals surface area contributed by atoms with Gasteiger partial charge in [-0.1, -0.05) is 30.3 Å². The first kappa shape index (κ1) is 13.1. The number of nitrogens with one attached hydrogen (secondary N) is 1. The molecule has 0 atom stereocenters. The summed E-state index contributed by atoms with van der Waals surface area (Å²) in [5.74, 6) is -0.194. The fourth-order valence-electron chi connectivity index (χ4n) is 2.38. The number of halogens is 1. The van der Waals surface area contributed by atoms with Crippen LogP contribution in [0.15, 0.2) is 48.5 Å². The van der Waals surface area contributed by atoms with Crippen LogP contribution < -0.4 is 10.2 Å². The number of hydrogen-bond donors (Lipinski definition) is 1. The highest BCUT2D eigenvalue weighted by atomic mass is 19.1. The smallest absolute Gasteiger partial charge is 0.146 e. The minimum atomic E-state index is -0.194. The van der Waals surface area contributed by atoms with Gasteiger partial charge in [-0.2, -0.15) is 0 Å². The van der Waals surface area contributed by atoms with Crippen molar-refractivity contribution in [3.05, 3.63) is 59.9 Å². The minimum Gasteiger partial charge on any atom is -0.342 e. The van der Waals surface area contributed by atoms with Crippen LogP contribution in [0.3, 0.4) is 0 Å². The van der Waals surface area contributed by atoms with Gasteiger partial charge in [0.05, 0.1) is 5.69 Å². The highest BCUT2D eigenvalue weighted by Crippen LogP contribution is 2.29. The fourth-order valence-corrected chi connectivity index (χ4v) is 2.38. The Morgan fingerprint density at radius 3 is 2.40 bits per heavy atom. The predicted octanol–water partition coefficient (Wildman–Crippen LogP) is 3.85. The first-order valence-electron chi connectivity index (χ1n) is 7.05. The molecule has 0 aliphatic heterocycles. The van der Waals surface area contributed by atoms with Crippen molar-refractivity contribution in [2.45, 2.75) is 25.4 Å². The molecule has 3 heteroatoms. The molecular weight excluding hydrogens is 251 g/mol. The molecule has 0 unspecified atom stereocenters. The summed E-state index contributed by atoms with van der Waals surface area (Å²) in [6.07, 6.45) is 2.54. The Morgan fingerprint density at radius 1 is 1.05 bits per heavy atom. The van der Waals surface area contributed by atoms with Crippen LogP contribution in [0, 0.1) is 5.82 Å². The maximum atomic E-state index is 13.9. The number of para-hydroxylation sites is 2. The molecule has 1 aliphatic rings. The maximum absolute atomic E-state index is 13.9. The van der Waals surface area contributed by atoms with Crippen molar-refractivity contribution in [1.82, 2.24) is 5.32 Å². The SMILES string of the molecule is CN(c1ccccc1F)c1ccccc1CNC1CC1. The Morgan fingerprint density at radius 2 is 1.70 bits per heavy atom. The van der Waals surface area contributed by atoms with Crippen molar-refractivity contribution >= 4 is 11.4 Å². The van der Waals surface area contributed by atoms with Crippen LogP contribution in [0.1, 0.15) is 18.4 Å². The van der Waals surface area contributed by atoms with Crippen LogP contribution in [-0.2, 0) is 6.54 Å². The molecule has 0 heterocycles. The molecule has 104 valence electrons. The summed E-state index contributed by atoms with van der Waals surface area (Å²) in [5, 5.41) is 3.51. The Bertz CT molecular complexity index is 593. The normalized spacial score (nSPS) is 14.3. The lowest BCUT2D eigenvalue weighted by Crippen LogP contribution is -2.19. The molecule has 0 saturated heterocycles. The number of nitrogens with zero attached hydrogens (tertiary/aromatic N) is 1.